The second-order valence-electron chi connectivity index (χ2n) is 25.5. The minimum atomic E-state index is -2.18. The summed E-state index contributed by atoms with van der Waals surface area (Å²) in [7, 11) is 0. The lowest BCUT2D eigenvalue weighted by atomic mass is 9.33. The molecule has 0 radical (unpaired) electrons. The molecule has 3 aliphatic heterocycles. The highest BCUT2D eigenvalue weighted by Crippen LogP contribution is 2.76. The molecule has 24 nitrogen and oxygen atoms in total. The van der Waals surface area contributed by atoms with Gasteiger partial charge in [0.15, 0.2) is 25.0 Å². The maximum Gasteiger partial charge on any atom is 0.335 e. The number of carboxylic acids is 1. The molecule has 3 heterocycles. The van der Waals surface area contributed by atoms with Gasteiger partial charge in [0.05, 0.1) is 44.1 Å². The topological polar surface area (TPSA) is 388 Å². The maximum atomic E-state index is 13.4. The minimum absolute atomic E-state index is 0.0849. The van der Waals surface area contributed by atoms with E-state index in [9.17, 15) is 80.8 Å². The second-order valence-corrected chi connectivity index (χ2v) is 25.5. The van der Waals surface area contributed by atoms with Gasteiger partial charge in [-0.15, -0.1) is 0 Å². The van der Waals surface area contributed by atoms with E-state index in [1.165, 1.54) is 6.92 Å². The van der Waals surface area contributed by atoms with E-state index in [1.807, 2.05) is 20.8 Å². The predicted octanol–water partition coefficient (Wildman–Crippen LogP) is -1.32. The summed E-state index contributed by atoms with van der Waals surface area (Å²) in [5.74, 6) is -3.88. The number of ether oxygens (including phenoxy) is 8. The van der Waals surface area contributed by atoms with Crippen LogP contribution in [0.3, 0.4) is 0 Å². The van der Waals surface area contributed by atoms with Gasteiger partial charge in [0.25, 0.3) is 0 Å². The van der Waals surface area contributed by atoms with Crippen LogP contribution in [0.5, 0.6) is 0 Å². The number of allylic oxidation sites excluding steroid dienone is 3. The Morgan fingerprint density at radius 3 is 1.76 bits per heavy atom. The molecule has 0 bridgehead atoms. The summed E-state index contributed by atoms with van der Waals surface area (Å²) in [4.78, 5) is 39.5. The molecular formula is C55H86O24. The first kappa shape index (κ1) is 62.2. The standard InChI is InChI=1S/C55H86O24/c1-10-23(2)46(71)79-43-44(72-24(3)60)55(22-59)26(17-50(43,4)5)25-11-12-30-51(6)15-14-32(52(7,21-58)29(51)13-16-53(30,8)54(25,9)18-31(55)61)75-49-41(77-48-38(67)36(65)34(63)28(20-57)74-48)39(68)40(42(78-49)45(69)70)76-47-37(66)35(64)33(62)27(19-56)73-47/h10-11,26-44,47-49,56-59,61-68H,12-22H2,1-9H3,(H,69,70)/b23-10+/t26?,27?,28?,29?,30?,31-,32+,33?,34?,35-,36-,37+,38+,39-,40?,41+,42?,43+,44+,47+,48+,49-,51+,52-,53-,54-,55+/m1/s1. The van der Waals surface area contributed by atoms with Gasteiger partial charge in [0.2, 0.25) is 0 Å². The van der Waals surface area contributed by atoms with Crippen LogP contribution in [0.15, 0.2) is 23.3 Å². The Kier molecular flexibility index (Phi) is 17.8. The number of carbonyl (C=O) groups is 3. The average Bonchev–Trinajstić information content (AvgIpc) is 3.25. The van der Waals surface area contributed by atoms with Crippen molar-refractivity contribution in [3.63, 3.8) is 0 Å². The Balaban J connectivity index is 1.12. The molecule has 13 N–H and O–H groups in total. The van der Waals surface area contributed by atoms with Crippen molar-refractivity contribution in [2.75, 3.05) is 26.4 Å². The lowest BCUT2D eigenvalue weighted by Gasteiger charge is -2.72. The van der Waals surface area contributed by atoms with Crippen LogP contribution in [-0.2, 0) is 52.3 Å². The van der Waals surface area contributed by atoms with Gasteiger partial charge >= 0.3 is 17.9 Å². The third-order valence-corrected chi connectivity index (χ3v) is 21.1. The van der Waals surface area contributed by atoms with E-state index in [1.54, 1.807) is 19.9 Å². The monoisotopic (exact) mass is 1130 g/mol. The van der Waals surface area contributed by atoms with Gasteiger partial charge in [-0.25, -0.2) is 9.59 Å². The van der Waals surface area contributed by atoms with Crippen molar-refractivity contribution < 1.29 is 119 Å². The molecule has 3 saturated heterocycles. The van der Waals surface area contributed by atoms with Crippen molar-refractivity contribution in [2.24, 2.45) is 50.2 Å². The van der Waals surface area contributed by atoms with Gasteiger partial charge in [0.1, 0.15) is 79.4 Å². The molecule has 5 aliphatic carbocycles. The maximum absolute atomic E-state index is 13.4. The van der Waals surface area contributed by atoms with Gasteiger partial charge < -0.3 is 104 Å². The second kappa shape index (κ2) is 22.6. The molecule has 9 unspecified atom stereocenters. The fourth-order valence-electron chi connectivity index (χ4n) is 16.2. The number of esters is 2. The van der Waals surface area contributed by atoms with Gasteiger partial charge in [-0.1, -0.05) is 59.3 Å². The van der Waals surface area contributed by atoms with Crippen LogP contribution in [0.25, 0.3) is 0 Å². The highest BCUT2D eigenvalue weighted by Gasteiger charge is 2.74. The SMILES string of the molecule is C/C=C(\C)C(=O)O[C@H]1[C@H](OC(C)=O)[C@@]2(CO)C(CC1(C)C)C1=CCC3[C@@]4(C)CC[C@H](O[C@@H]5OC(C(=O)O)C(O[C@@H]6OC(CO)C(O)[C@@H](O)[C@@H]6O)[C@@H](O)[C@@H]5O[C@@H]5OC(CO)C(O)[C@@H](O)[C@@H]5O)[C@](C)(CO)C4CC[C@@]3(C)[C@]1(C)C[C@H]2O. The van der Waals surface area contributed by atoms with E-state index in [4.69, 9.17) is 37.9 Å². The molecule has 24 heteroatoms. The summed E-state index contributed by atoms with van der Waals surface area (Å²) < 4.78 is 48.2. The fourth-order valence-corrected chi connectivity index (χ4v) is 16.2. The Morgan fingerprint density at radius 2 is 1.24 bits per heavy atom. The molecule has 8 rings (SSSR count). The molecule has 0 aromatic carbocycles. The summed E-state index contributed by atoms with van der Waals surface area (Å²) in [6.45, 7) is 14.1. The molecule has 0 aromatic heterocycles. The van der Waals surface area contributed by atoms with Crippen LogP contribution in [-0.4, -0.2) is 227 Å². The van der Waals surface area contributed by atoms with Crippen LogP contribution in [0.2, 0.25) is 0 Å². The largest absolute Gasteiger partial charge is 0.479 e. The van der Waals surface area contributed by atoms with E-state index in [2.05, 4.69) is 26.8 Å². The van der Waals surface area contributed by atoms with E-state index >= 15 is 0 Å². The van der Waals surface area contributed by atoms with E-state index in [0.717, 1.165) is 5.57 Å². The molecule has 79 heavy (non-hydrogen) atoms. The molecule has 4 saturated carbocycles. The van der Waals surface area contributed by atoms with E-state index in [-0.39, 0.29) is 24.7 Å². The molecular weight excluding hydrogens is 1040 g/mol. The Bertz CT molecular complexity index is 2290. The zero-order valence-electron chi connectivity index (χ0n) is 46.4. The lowest BCUT2D eigenvalue weighted by Crippen LogP contribution is -2.72. The van der Waals surface area contributed by atoms with E-state index in [0.29, 0.717) is 37.7 Å². The predicted molar refractivity (Wildman–Crippen MR) is 269 cm³/mol. The molecule has 0 spiro atoms. The van der Waals surface area contributed by atoms with Gasteiger partial charge in [-0.2, -0.15) is 0 Å². The highest BCUT2D eigenvalue weighted by molar-refractivity contribution is 5.87. The van der Waals surface area contributed by atoms with Gasteiger partial charge in [-0.05, 0) is 92.8 Å². The summed E-state index contributed by atoms with van der Waals surface area (Å²) >= 11 is 0. The van der Waals surface area contributed by atoms with Crippen molar-refractivity contribution in [3.8, 4) is 0 Å². The summed E-state index contributed by atoms with van der Waals surface area (Å²) in [6.07, 6.45) is -26.5. The average molecular weight is 1130 g/mol. The minimum Gasteiger partial charge on any atom is -0.479 e. The van der Waals surface area contributed by atoms with Crippen LogP contribution >= 0.6 is 0 Å². The number of rotatable bonds is 14. The number of fused-ring (bicyclic) bond motifs is 7. The zero-order valence-corrected chi connectivity index (χ0v) is 46.4. The summed E-state index contributed by atoms with van der Waals surface area (Å²) in [6, 6.07) is 0. The Hall–Kier alpha value is -2.83. The van der Waals surface area contributed by atoms with Gasteiger partial charge in [0, 0.05) is 23.3 Å². The third kappa shape index (κ3) is 9.94. The van der Waals surface area contributed by atoms with Crippen LogP contribution in [0, 0.1) is 50.2 Å². The summed E-state index contributed by atoms with van der Waals surface area (Å²) in [5, 5.41) is 143. The highest BCUT2D eigenvalue weighted by atomic mass is 16.8. The number of aliphatic hydroxyl groups is 12. The van der Waals surface area contributed by atoms with Crippen molar-refractivity contribution in [3.05, 3.63) is 23.3 Å². The number of carbonyl (C=O) groups excluding carboxylic acids is 2. The number of carboxylic acid groups (broad SMARTS) is 1. The third-order valence-electron chi connectivity index (χ3n) is 21.1. The number of aliphatic carboxylic acids is 1. The Morgan fingerprint density at radius 1 is 0.658 bits per heavy atom. The quantitative estimate of drug-likeness (QED) is 0.0415. The van der Waals surface area contributed by atoms with Crippen molar-refractivity contribution >= 4 is 17.9 Å². The number of aliphatic hydroxyl groups excluding tert-OH is 12. The molecule has 0 aromatic rings. The first-order chi connectivity index (χ1) is 36.9. The van der Waals surface area contributed by atoms with Crippen LogP contribution < -0.4 is 0 Å². The lowest BCUT2D eigenvalue weighted by molar-refractivity contribution is -0.392. The smallest absolute Gasteiger partial charge is 0.335 e. The number of hydrogen-bond donors (Lipinski definition) is 13. The van der Waals surface area contributed by atoms with Crippen molar-refractivity contribution in [2.45, 2.75) is 224 Å². The Labute approximate surface area is 459 Å². The number of hydrogen-bond acceptors (Lipinski definition) is 23. The first-order valence-electron chi connectivity index (χ1n) is 27.7. The molecule has 27 atom stereocenters. The normalized spacial score (nSPS) is 50.6. The van der Waals surface area contributed by atoms with Crippen molar-refractivity contribution in [1.82, 2.24) is 0 Å². The zero-order chi connectivity index (χ0) is 58.4. The summed E-state index contributed by atoms with van der Waals surface area (Å²) in [5.41, 5.74) is -3.78. The molecule has 8 aliphatic rings. The van der Waals surface area contributed by atoms with Crippen LogP contribution in [0.4, 0.5) is 0 Å². The first-order valence-corrected chi connectivity index (χ1v) is 27.7. The molecule has 450 valence electrons. The fraction of sp³-hybridized carbons (Fsp3) is 0.873. The molecule has 7 fully saturated rings. The van der Waals surface area contributed by atoms with Crippen molar-refractivity contribution in [1.29, 1.82) is 0 Å². The molecule has 0 amide bonds. The van der Waals surface area contributed by atoms with Crippen LogP contribution in [0.1, 0.15) is 107 Å². The van der Waals surface area contributed by atoms with E-state index < -0.39 is 199 Å². The van der Waals surface area contributed by atoms with Gasteiger partial charge in [-0.3, -0.25) is 4.79 Å².